The number of hydrogen-bond donors (Lipinski definition) is 0. The summed E-state index contributed by atoms with van der Waals surface area (Å²) in [5, 5.41) is 1.62. The van der Waals surface area contributed by atoms with E-state index in [1.54, 1.807) is 12.4 Å². The lowest BCUT2D eigenvalue weighted by Gasteiger charge is -2.08. The first-order valence-corrected chi connectivity index (χ1v) is 6.28. The number of halogens is 1. The summed E-state index contributed by atoms with van der Waals surface area (Å²) in [4.78, 5) is 8.50. The molecule has 0 aliphatic carbocycles. The van der Waals surface area contributed by atoms with Gasteiger partial charge in [0, 0.05) is 22.8 Å². The van der Waals surface area contributed by atoms with Crippen LogP contribution in [0.4, 0.5) is 0 Å². The summed E-state index contributed by atoms with van der Waals surface area (Å²) in [7, 11) is 0. The van der Waals surface area contributed by atoms with Crippen LogP contribution in [0.2, 0.25) is 5.02 Å². The van der Waals surface area contributed by atoms with Gasteiger partial charge in [0.05, 0.1) is 11.2 Å². The maximum absolute atomic E-state index is 5.95. The molecule has 0 bridgehead atoms. The lowest BCUT2D eigenvalue weighted by molar-refractivity contribution is 0.305. The fourth-order valence-corrected chi connectivity index (χ4v) is 2.02. The molecule has 3 rings (SSSR count). The molecular formula is C15H11ClN2O. The minimum atomic E-state index is 0.433. The van der Waals surface area contributed by atoms with E-state index in [4.69, 9.17) is 16.3 Å². The fourth-order valence-electron chi connectivity index (χ4n) is 1.86. The van der Waals surface area contributed by atoms with Crippen LogP contribution in [0.5, 0.6) is 5.75 Å². The van der Waals surface area contributed by atoms with E-state index in [2.05, 4.69) is 9.97 Å². The van der Waals surface area contributed by atoms with Crippen LogP contribution in [-0.2, 0) is 6.61 Å². The van der Waals surface area contributed by atoms with Gasteiger partial charge in [-0.25, -0.2) is 0 Å². The Morgan fingerprint density at radius 3 is 2.79 bits per heavy atom. The first kappa shape index (κ1) is 11.9. The number of nitrogens with zero attached hydrogens (tertiary/aromatic N) is 2. The first-order valence-electron chi connectivity index (χ1n) is 5.90. The maximum atomic E-state index is 5.95. The molecule has 94 valence electrons. The van der Waals surface area contributed by atoms with Gasteiger partial charge in [-0.1, -0.05) is 17.7 Å². The van der Waals surface area contributed by atoms with Gasteiger partial charge in [0.1, 0.15) is 12.4 Å². The van der Waals surface area contributed by atoms with Crippen LogP contribution in [0.25, 0.3) is 10.9 Å². The number of fused-ring (bicyclic) bond motifs is 1. The summed E-state index contributed by atoms with van der Waals surface area (Å²) in [5.74, 6) is 0.785. The minimum absolute atomic E-state index is 0.433. The van der Waals surface area contributed by atoms with E-state index in [0.29, 0.717) is 11.6 Å². The van der Waals surface area contributed by atoms with Crippen molar-refractivity contribution in [2.45, 2.75) is 6.61 Å². The molecule has 1 aromatic carbocycles. The molecule has 0 N–H and O–H groups in total. The second-order valence-corrected chi connectivity index (χ2v) is 4.52. The topological polar surface area (TPSA) is 35.0 Å². The maximum Gasteiger partial charge on any atom is 0.130 e. The van der Waals surface area contributed by atoms with Crippen molar-refractivity contribution in [3.8, 4) is 5.75 Å². The monoisotopic (exact) mass is 270 g/mol. The number of benzene rings is 1. The summed E-state index contributed by atoms with van der Waals surface area (Å²) in [6, 6.07) is 13.2. The van der Waals surface area contributed by atoms with Crippen molar-refractivity contribution < 1.29 is 4.74 Å². The standard InChI is InChI=1S/C15H11ClN2O/c16-11-4-5-13-14(9-11)18-8-6-15(13)19-10-12-3-1-2-7-17-12/h1-9H,10H2. The molecule has 19 heavy (non-hydrogen) atoms. The highest BCUT2D eigenvalue weighted by atomic mass is 35.5. The third kappa shape index (κ3) is 2.66. The highest BCUT2D eigenvalue weighted by Crippen LogP contribution is 2.26. The molecular weight excluding hydrogens is 260 g/mol. The molecule has 2 heterocycles. The van der Waals surface area contributed by atoms with Crippen LogP contribution in [0.1, 0.15) is 5.69 Å². The van der Waals surface area contributed by atoms with Crippen LogP contribution < -0.4 is 4.74 Å². The van der Waals surface area contributed by atoms with Crippen molar-refractivity contribution in [3.63, 3.8) is 0 Å². The molecule has 2 aromatic heterocycles. The smallest absolute Gasteiger partial charge is 0.130 e. The van der Waals surface area contributed by atoms with E-state index in [9.17, 15) is 0 Å². The Balaban J connectivity index is 1.89. The van der Waals surface area contributed by atoms with E-state index in [-0.39, 0.29) is 0 Å². The van der Waals surface area contributed by atoms with E-state index in [0.717, 1.165) is 22.3 Å². The minimum Gasteiger partial charge on any atom is -0.487 e. The molecule has 0 aliphatic heterocycles. The van der Waals surface area contributed by atoms with Crippen molar-refractivity contribution in [2.75, 3.05) is 0 Å². The van der Waals surface area contributed by atoms with E-state index >= 15 is 0 Å². The highest BCUT2D eigenvalue weighted by Gasteiger charge is 2.04. The number of hydrogen-bond acceptors (Lipinski definition) is 3. The van der Waals surface area contributed by atoms with Gasteiger partial charge >= 0.3 is 0 Å². The predicted octanol–water partition coefficient (Wildman–Crippen LogP) is 3.86. The summed E-state index contributed by atoms with van der Waals surface area (Å²) in [6.45, 7) is 0.433. The SMILES string of the molecule is Clc1ccc2c(OCc3ccccn3)ccnc2c1. The molecule has 0 unspecified atom stereocenters. The number of ether oxygens (including phenoxy) is 1. The molecule has 4 heteroatoms. The molecule has 0 spiro atoms. The average Bonchev–Trinajstić information content (AvgIpc) is 2.45. The Kier molecular flexibility index (Phi) is 3.29. The van der Waals surface area contributed by atoms with Crippen LogP contribution >= 0.6 is 11.6 Å². The Hall–Kier alpha value is -2.13. The number of aromatic nitrogens is 2. The Morgan fingerprint density at radius 1 is 1.00 bits per heavy atom. The van der Waals surface area contributed by atoms with Crippen molar-refractivity contribution >= 4 is 22.5 Å². The van der Waals surface area contributed by atoms with Gasteiger partial charge in [0.15, 0.2) is 0 Å². The third-order valence-electron chi connectivity index (χ3n) is 2.77. The Labute approximate surface area is 115 Å². The second-order valence-electron chi connectivity index (χ2n) is 4.08. The summed E-state index contributed by atoms with van der Waals surface area (Å²) in [5.41, 5.74) is 1.72. The zero-order valence-electron chi connectivity index (χ0n) is 10.1. The lowest BCUT2D eigenvalue weighted by Crippen LogP contribution is -1.98. The molecule has 0 aliphatic rings. The molecule has 0 atom stereocenters. The predicted molar refractivity (Wildman–Crippen MR) is 75.3 cm³/mol. The van der Waals surface area contributed by atoms with Gasteiger partial charge in [0.2, 0.25) is 0 Å². The molecule has 0 saturated heterocycles. The van der Waals surface area contributed by atoms with Crippen molar-refractivity contribution in [2.24, 2.45) is 0 Å². The Morgan fingerprint density at radius 2 is 1.95 bits per heavy atom. The van der Waals surface area contributed by atoms with E-state index in [1.165, 1.54) is 0 Å². The largest absolute Gasteiger partial charge is 0.487 e. The summed E-state index contributed by atoms with van der Waals surface area (Å²) >= 11 is 5.95. The lowest BCUT2D eigenvalue weighted by atomic mass is 10.2. The van der Waals surface area contributed by atoms with Gasteiger partial charge in [-0.3, -0.25) is 9.97 Å². The van der Waals surface area contributed by atoms with Gasteiger partial charge in [-0.15, -0.1) is 0 Å². The normalized spacial score (nSPS) is 10.6. The third-order valence-corrected chi connectivity index (χ3v) is 3.00. The zero-order valence-corrected chi connectivity index (χ0v) is 10.8. The quantitative estimate of drug-likeness (QED) is 0.725. The van der Waals surface area contributed by atoms with Crippen LogP contribution in [0.15, 0.2) is 54.9 Å². The number of rotatable bonds is 3. The number of pyridine rings is 2. The summed E-state index contributed by atoms with van der Waals surface area (Å²) in [6.07, 6.45) is 3.47. The van der Waals surface area contributed by atoms with Gasteiger partial charge in [-0.2, -0.15) is 0 Å². The first-order chi connectivity index (χ1) is 9.33. The Bertz CT molecular complexity index is 701. The van der Waals surface area contributed by atoms with Crippen molar-refractivity contribution in [1.82, 2.24) is 9.97 Å². The van der Waals surface area contributed by atoms with Gasteiger partial charge in [0.25, 0.3) is 0 Å². The van der Waals surface area contributed by atoms with Gasteiger partial charge in [-0.05, 0) is 36.4 Å². The van der Waals surface area contributed by atoms with E-state index < -0.39 is 0 Å². The summed E-state index contributed by atoms with van der Waals surface area (Å²) < 4.78 is 5.80. The molecule has 0 saturated carbocycles. The van der Waals surface area contributed by atoms with Crippen LogP contribution in [-0.4, -0.2) is 9.97 Å². The molecule has 0 amide bonds. The van der Waals surface area contributed by atoms with Gasteiger partial charge < -0.3 is 4.74 Å². The van der Waals surface area contributed by atoms with E-state index in [1.807, 2.05) is 42.5 Å². The molecule has 0 radical (unpaired) electrons. The van der Waals surface area contributed by atoms with Crippen molar-refractivity contribution in [3.05, 3.63) is 65.6 Å². The molecule has 3 nitrogen and oxygen atoms in total. The van der Waals surface area contributed by atoms with Crippen molar-refractivity contribution in [1.29, 1.82) is 0 Å². The second kappa shape index (κ2) is 5.24. The average molecular weight is 271 g/mol. The molecule has 0 fully saturated rings. The zero-order chi connectivity index (χ0) is 13.1. The van der Waals surface area contributed by atoms with Crippen LogP contribution in [0, 0.1) is 0 Å². The fraction of sp³-hybridized carbons (Fsp3) is 0.0667. The highest BCUT2D eigenvalue weighted by molar-refractivity contribution is 6.31. The molecule has 3 aromatic rings. The van der Waals surface area contributed by atoms with Crippen LogP contribution in [0.3, 0.4) is 0 Å².